The van der Waals surface area contributed by atoms with Gasteiger partial charge in [0.1, 0.15) is 12.0 Å². The summed E-state index contributed by atoms with van der Waals surface area (Å²) in [5.41, 5.74) is 4.91. The Balaban J connectivity index is 1.71. The minimum atomic E-state index is -4.28. The molecule has 29 heavy (non-hydrogen) atoms. The lowest BCUT2D eigenvalue weighted by Crippen LogP contribution is -2.49. The average molecular weight is 413 g/mol. The number of nitriles is 1. The zero-order chi connectivity index (χ0) is 21.2. The quantitative estimate of drug-likeness (QED) is 0.546. The number of carbonyl (C=O) groups excluding carboxylic acids is 2. The summed E-state index contributed by atoms with van der Waals surface area (Å²) in [4.78, 5) is 23.9. The van der Waals surface area contributed by atoms with E-state index in [-0.39, 0.29) is 42.2 Å². The van der Waals surface area contributed by atoms with Gasteiger partial charge in [-0.05, 0) is 25.7 Å². The van der Waals surface area contributed by atoms with Crippen molar-refractivity contribution in [1.82, 2.24) is 10.6 Å². The van der Waals surface area contributed by atoms with Gasteiger partial charge < -0.3 is 16.4 Å². The van der Waals surface area contributed by atoms with Gasteiger partial charge in [-0.15, -0.1) is 4.70 Å². The maximum Gasteiger partial charge on any atom is 0.401 e. The third kappa shape index (κ3) is 5.12. The van der Waals surface area contributed by atoms with Gasteiger partial charge in [0.25, 0.3) is 5.91 Å². The van der Waals surface area contributed by atoms with Crippen LogP contribution in [0.3, 0.4) is 0 Å². The van der Waals surface area contributed by atoms with Crippen molar-refractivity contribution in [1.29, 1.82) is 5.26 Å². The molecule has 0 atom stereocenters. The molecule has 2 saturated carbocycles. The predicted octanol–water partition coefficient (Wildman–Crippen LogP) is 1.43. The molecule has 0 aromatic carbocycles. The van der Waals surface area contributed by atoms with Crippen molar-refractivity contribution in [2.75, 3.05) is 13.1 Å². The minimum absolute atomic E-state index is 0.0674. The largest absolute Gasteiger partial charge is 0.401 e. The second kappa shape index (κ2) is 8.10. The number of nitrogens with zero attached hydrogens (tertiary/aromatic N) is 3. The monoisotopic (exact) mass is 413 g/mol. The van der Waals surface area contributed by atoms with Crippen LogP contribution in [0.4, 0.5) is 13.2 Å². The summed E-state index contributed by atoms with van der Waals surface area (Å²) >= 11 is 0. The SMILES string of the molecule is N#CCC1([N+]2=NC(NC(=O)C3CC3)=C(C(N)=O)C2)CCC(NCC(F)(F)F)CC1. The van der Waals surface area contributed by atoms with E-state index >= 15 is 0 Å². The summed E-state index contributed by atoms with van der Waals surface area (Å²) in [6.45, 7) is -0.986. The summed E-state index contributed by atoms with van der Waals surface area (Å²) in [6.07, 6.45) is -0.818. The fourth-order valence-corrected chi connectivity index (χ4v) is 3.87. The smallest absolute Gasteiger partial charge is 0.366 e. The molecule has 3 rings (SSSR count). The van der Waals surface area contributed by atoms with Crippen molar-refractivity contribution in [3.05, 3.63) is 11.4 Å². The van der Waals surface area contributed by atoms with Crippen LogP contribution < -0.4 is 16.4 Å². The van der Waals surface area contributed by atoms with E-state index in [0.717, 1.165) is 12.8 Å². The second-order valence-corrected chi connectivity index (χ2v) is 7.94. The lowest BCUT2D eigenvalue weighted by Gasteiger charge is -2.34. The first kappa shape index (κ1) is 21.2. The van der Waals surface area contributed by atoms with Crippen molar-refractivity contribution in [3.63, 3.8) is 0 Å². The number of nitrogens with one attached hydrogen (secondary N) is 2. The first-order chi connectivity index (χ1) is 13.6. The van der Waals surface area contributed by atoms with Gasteiger partial charge in [-0.1, -0.05) is 0 Å². The fraction of sp³-hybridized carbons (Fsp3) is 0.722. The topological polar surface area (TPSA) is 123 Å². The molecule has 0 bridgehead atoms. The predicted molar refractivity (Wildman–Crippen MR) is 93.9 cm³/mol. The average Bonchev–Trinajstić information content (AvgIpc) is 3.41. The van der Waals surface area contributed by atoms with Crippen molar-refractivity contribution in [3.8, 4) is 6.07 Å². The molecular formula is C18H24F3N6O2+. The maximum atomic E-state index is 12.4. The van der Waals surface area contributed by atoms with E-state index in [9.17, 15) is 28.0 Å². The van der Waals surface area contributed by atoms with Crippen LogP contribution in [0.1, 0.15) is 44.9 Å². The molecule has 0 unspecified atom stereocenters. The number of halogens is 3. The standard InChI is InChI=1S/C18H23F3N6O2/c19-18(20,21)10-24-12-3-5-17(6-4-12,7-8-22)27-9-13(14(23)28)15(26-27)25-16(29)11-1-2-11/h11-12,24H,1-7,9-10H2,(H2-,23,25,28,29)/p+1. The molecule has 4 N–H and O–H groups in total. The molecule has 0 radical (unpaired) electrons. The molecule has 2 aliphatic carbocycles. The minimum Gasteiger partial charge on any atom is -0.366 e. The van der Waals surface area contributed by atoms with Crippen LogP contribution in [0.2, 0.25) is 0 Å². The van der Waals surface area contributed by atoms with Crippen molar-refractivity contribution in [2.45, 2.75) is 62.7 Å². The molecule has 0 aromatic rings. The van der Waals surface area contributed by atoms with Crippen LogP contribution in [-0.4, -0.2) is 47.4 Å². The Kier molecular flexibility index (Phi) is 5.93. The van der Waals surface area contributed by atoms with Gasteiger partial charge in [0.15, 0.2) is 0 Å². The van der Waals surface area contributed by atoms with Crippen molar-refractivity contribution in [2.24, 2.45) is 16.8 Å². The highest BCUT2D eigenvalue weighted by molar-refractivity contribution is 5.94. The Morgan fingerprint density at radius 3 is 2.45 bits per heavy atom. The fourth-order valence-electron chi connectivity index (χ4n) is 3.87. The van der Waals surface area contributed by atoms with Crippen LogP contribution >= 0.6 is 0 Å². The van der Waals surface area contributed by atoms with E-state index in [4.69, 9.17) is 5.73 Å². The number of amides is 2. The third-order valence-electron chi connectivity index (χ3n) is 5.76. The van der Waals surface area contributed by atoms with E-state index in [1.54, 1.807) is 4.70 Å². The number of nitrogens with two attached hydrogens (primary N) is 1. The Morgan fingerprint density at radius 2 is 1.93 bits per heavy atom. The zero-order valence-electron chi connectivity index (χ0n) is 15.9. The number of primary amides is 1. The number of carbonyl (C=O) groups is 2. The first-order valence-electron chi connectivity index (χ1n) is 9.64. The van der Waals surface area contributed by atoms with Gasteiger partial charge in [-0.2, -0.15) is 18.4 Å². The van der Waals surface area contributed by atoms with Gasteiger partial charge in [0.2, 0.25) is 23.8 Å². The molecule has 8 nitrogen and oxygen atoms in total. The molecule has 3 aliphatic rings. The Hall–Kier alpha value is -2.48. The van der Waals surface area contributed by atoms with Crippen molar-refractivity contribution >= 4 is 11.8 Å². The molecule has 0 saturated heterocycles. The number of hydrogen-bond acceptors (Lipinski definition) is 5. The Morgan fingerprint density at radius 1 is 1.28 bits per heavy atom. The van der Waals surface area contributed by atoms with E-state index in [0.29, 0.717) is 25.7 Å². The summed E-state index contributed by atoms with van der Waals surface area (Å²) < 4.78 is 38.9. The van der Waals surface area contributed by atoms with Crippen LogP contribution in [-0.2, 0) is 9.59 Å². The molecule has 11 heteroatoms. The summed E-state index contributed by atoms with van der Waals surface area (Å²) in [5.74, 6) is -0.873. The Labute approximate surface area is 166 Å². The van der Waals surface area contributed by atoms with Gasteiger partial charge in [0, 0.05) is 29.9 Å². The highest BCUT2D eigenvalue weighted by Gasteiger charge is 2.50. The lowest BCUT2D eigenvalue weighted by atomic mass is 9.77. The summed E-state index contributed by atoms with van der Waals surface area (Å²) in [7, 11) is 0. The van der Waals surface area contributed by atoms with Crippen molar-refractivity contribution < 1.29 is 27.5 Å². The van der Waals surface area contributed by atoms with E-state index in [1.165, 1.54) is 0 Å². The summed E-state index contributed by atoms with van der Waals surface area (Å²) in [6, 6.07) is 1.83. The third-order valence-corrected chi connectivity index (χ3v) is 5.76. The van der Waals surface area contributed by atoms with Gasteiger partial charge in [0.05, 0.1) is 12.6 Å². The molecule has 158 valence electrons. The normalized spacial score (nSPS) is 27.4. The highest BCUT2D eigenvalue weighted by Crippen LogP contribution is 2.37. The molecular weight excluding hydrogens is 389 g/mol. The molecule has 2 amide bonds. The molecule has 0 aromatic heterocycles. The molecule has 1 aliphatic heterocycles. The lowest BCUT2D eigenvalue weighted by molar-refractivity contribution is -0.657. The number of rotatable bonds is 7. The number of azo groups is 2. The zero-order valence-corrected chi connectivity index (χ0v) is 15.9. The van der Waals surface area contributed by atoms with Gasteiger partial charge in [-0.3, -0.25) is 9.59 Å². The van der Waals surface area contributed by atoms with Crippen LogP contribution in [0.5, 0.6) is 0 Å². The van der Waals surface area contributed by atoms with Gasteiger partial charge >= 0.3 is 6.18 Å². The van der Waals surface area contributed by atoms with Crippen LogP contribution in [0.15, 0.2) is 16.5 Å². The maximum absolute atomic E-state index is 12.4. The van der Waals surface area contributed by atoms with E-state index in [1.807, 2.05) is 0 Å². The van der Waals surface area contributed by atoms with E-state index < -0.39 is 24.2 Å². The van der Waals surface area contributed by atoms with Crippen LogP contribution in [0, 0.1) is 17.2 Å². The van der Waals surface area contributed by atoms with Gasteiger partial charge in [-0.25, -0.2) is 0 Å². The highest BCUT2D eigenvalue weighted by atomic mass is 19.4. The number of hydrogen-bond donors (Lipinski definition) is 3. The number of alkyl halides is 3. The molecule has 2 fully saturated rings. The van der Waals surface area contributed by atoms with Crippen LogP contribution in [0.25, 0.3) is 0 Å². The first-order valence-corrected chi connectivity index (χ1v) is 9.64. The molecule has 1 heterocycles. The molecule has 0 spiro atoms. The Bertz CT molecular complexity index is 786. The summed E-state index contributed by atoms with van der Waals surface area (Å²) in [5, 5.41) is 18.9. The van der Waals surface area contributed by atoms with E-state index in [2.05, 4.69) is 21.8 Å². The second-order valence-electron chi connectivity index (χ2n) is 7.94.